The second kappa shape index (κ2) is 14.2. The van der Waals surface area contributed by atoms with Crippen molar-refractivity contribution < 1.29 is 8.83 Å². The summed E-state index contributed by atoms with van der Waals surface area (Å²) in [6, 6.07) is 71.0. The molecule has 0 atom stereocenters. The zero-order chi connectivity index (χ0) is 40.3. The molecule has 0 unspecified atom stereocenters. The topological polar surface area (TPSA) is 68.2 Å². The fraction of sp³-hybridized carbons (Fsp3) is 0. The summed E-state index contributed by atoms with van der Waals surface area (Å²) in [4.78, 5) is 17.8. The van der Waals surface area contributed by atoms with Crippen LogP contribution in [0, 0.1) is 0 Å². The third kappa shape index (κ3) is 5.92. The van der Waals surface area contributed by atoms with E-state index in [0.717, 1.165) is 94.0 Å². The Morgan fingerprint density at radius 1 is 0.344 bits per heavy atom. The Balaban J connectivity index is 1.10. The van der Waals surface area contributed by atoms with E-state index >= 15 is 0 Å². The maximum Gasteiger partial charge on any atom is 0.164 e. The van der Waals surface area contributed by atoms with Crippen LogP contribution in [0.25, 0.3) is 99.9 Å². The van der Waals surface area contributed by atoms with Crippen molar-refractivity contribution in [3.05, 3.63) is 206 Å². The van der Waals surface area contributed by atoms with Gasteiger partial charge in [0.2, 0.25) is 0 Å². The molecular weight excluding hydrogens is 749 g/mol. The summed E-state index contributed by atoms with van der Waals surface area (Å²) in [5.41, 5.74) is 11.2. The van der Waals surface area contributed by atoms with Gasteiger partial charge in [-0.25, -0.2) is 15.0 Å². The number of para-hydroxylation sites is 3. The van der Waals surface area contributed by atoms with Crippen LogP contribution >= 0.6 is 0 Å². The normalized spacial score (nSPS) is 11.6. The number of hydrogen-bond acceptors (Lipinski definition) is 6. The Labute approximate surface area is 350 Å². The number of furan rings is 2. The number of anilines is 3. The molecule has 0 saturated carbocycles. The lowest BCUT2D eigenvalue weighted by Crippen LogP contribution is -2.10. The van der Waals surface area contributed by atoms with Crippen LogP contribution in [0.1, 0.15) is 0 Å². The predicted octanol–water partition coefficient (Wildman–Crippen LogP) is 15.0. The molecule has 12 rings (SSSR count). The minimum Gasteiger partial charge on any atom is -0.456 e. The van der Waals surface area contributed by atoms with Gasteiger partial charge in [-0.15, -0.1) is 0 Å². The van der Waals surface area contributed by atoms with Crippen LogP contribution in [0.15, 0.2) is 215 Å². The van der Waals surface area contributed by atoms with Gasteiger partial charge in [-0.05, 0) is 71.1 Å². The van der Waals surface area contributed by atoms with Crippen LogP contribution in [0.3, 0.4) is 0 Å². The van der Waals surface area contributed by atoms with Crippen LogP contribution in [0.2, 0.25) is 0 Å². The summed E-state index contributed by atoms with van der Waals surface area (Å²) in [6.45, 7) is 0. The van der Waals surface area contributed by atoms with Gasteiger partial charge in [-0.1, -0.05) is 152 Å². The molecule has 9 aromatic carbocycles. The van der Waals surface area contributed by atoms with E-state index in [-0.39, 0.29) is 0 Å². The van der Waals surface area contributed by atoms with E-state index < -0.39 is 0 Å². The molecule has 0 aliphatic carbocycles. The van der Waals surface area contributed by atoms with E-state index in [0.29, 0.717) is 17.5 Å². The molecule has 0 bridgehead atoms. The van der Waals surface area contributed by atoms with Gasteiger partial charge in [0.15, 0.2) is 17.5 Å². The quantitative estimate of drug-likeness (QED) is 0.160. The van der Waals surface area contributed by atoms with E-state index in [2.05, 4.69) is 138 Å². The molecule has 6 nitrogen and oxygen atoms in total. The molecule has 0 aliphatic rings. The first kappa shape index (κ1) is 34.7. The lowest BCUT2D eigenvalue weighted by atomic mass is 9.97. The highest BCUT2D eigenvalue weighted by Gasteiger charge is 2.25. The zero-order valence-corrected chi connectivity index (χ0v) is 32.7. The third-order valence-corrected chi connectivity index (χ3v) is 11.5. The number of aromatic nitrogens is 3. The summed E-state index contributed by atoms with van der Waals surface area (Å²) in [7, 11) is 0. The van der Waals surface area contributed by atoms with E-state index in [1.54, 1.807) is 0 Å². The van der Waals surface area contributed by atoms with E-state index in [1.807, 2.05) is 72.8 Å². The van der Waals surface area contributed by atoms with Crippen molar-refractivity contribution in [2.75, 3.05) is 4.90 Å². The lowest BCUT2D eigenvalue weighted by molar-refractivity contribution is 0.669. The number of nitrogens with zero attached hydrogens (tertiary/aromatic N) is 4. The fourth-order valence-corrected chi connectivity index (χ4v) is 8.65. The van der Waals surface area contributed by atoms with Gasteiger partial charge in [-0.2, -0.15) is 0 Å². The SMILES string of the molecule is c1ccc(-c2ccc(N(c3ccccc3)c3cc4cccc(-c5nc(-c6ccccc6)nc(-c6ccc7c(c6)oc6ccccc67)n5)c4c4oc5ccccc5c34)cc2)cc1. The summed E-state index contributed by atoms with van der Waals surface area (Å²) >= 11 is 0. The first-order valence-electron chi connectivity index (χ1n) is 20.3. The fourth-order valence-electron chi connectivity index (χ4n) is 8.65. The van der Waals surface area contributed by atoms with Crippen molar-refractivity contribution in [3.63, 3.8) is 0 Å². The average Bonchev–Trinajstić information content (AvgIpc) is 3.91. The van der Waals surface area contributed by atoms with E-state index in [9.17, 15) is 0 Å². The Hall–Kier alpha value is -8.35. The molecule has 3 aromatic heterocycles. The minimum atomic E-state index is 0.546. The summed E-state index contributed by atoms with van der Waals surface area (Å²) in [5.74, 6) is 1.67. The molecule has 0 aliphatic heterocycles. The monoisotopic (exact) mass is 782 g/mol. The van der Waals surface area contributed by atoms with Crippen molar-refractivity contribution in [1.29, 1.82) is 0 Å². The first-order valence-corrected chi connectivity index (χ1v) is 20.3. The Morgan fingerprint density at radius 2 is 0.902 bits per heavy atom. The van der Waals surface area contributed by atoms with Gasteiger partial charge in [0.25, 0.3) is 0 Å². The van der Waals surface area contributed by atoms with Crippen LogP contribution < -0.4 is 4.90 Å². The smallest absolute Gasteiger partial charge is 0.164 e. The highest BCUT2D eigenvalue weighted by molar-refractivity contribution is 6.24. The van der Waals surface area contributed by atoms with Gasteiger partial charge in [0, 0.05) is 49.6 Å². The second-order valence-electron chi connectivity index (χ2n) is 15.2. The Morgan fingerprint density at radius 3 is 1.66 bits per heavy atom. The maximum atomic E-state index is 6.96. The van der Waals surface area contributed by atoms with Crippen molar-refractivity contribution >= 4 is 71.7 Å². The summed E-state index contributed by atoms with van der Waals surface area (Å²) in [5, 5.41) is 6.06. The zero-order valence-electron chi connectivity index (χ0n) is 32.7. The van der Waals surface area contributed by atoms with Crippen LogP contribution in [0.5, 0.6) is 0 Å². The molecule has 0 fully saturated rings. The largest absolute Gasteiger partial charge is 0.456 e. The number of fused-ring (bicyclic) bond motifs is 8. The molecule has 0 spiro atoms. The highest BCUT2D eigenvalue weighted by Crippen LogP contribution is 2.48. The Kier molecular flexibility index (Phi) is 8.06. The van der Waals surface area contributed by atoms with E-state index in [4.69, 9.17) is 23.8 Å². The predicted molar refractivity (Wildman–Crippen MR) is 248 cm³/mol. The highest BCUT2D eigenvalue weighted by atomic mass is 16.3. The van der Waals surface area contributed by atoms with Crippen molar-refractivity contribution in [1.82, 2.24) is 15.0 Å². The molecular formula is C55H34N4O2. The van der Waals surface area contributed by atoms with Gasteiger partial charge >= 0.3 is 0 Å². The minimum absolute atomic E-state index is 0.546. The standard InChI is InChI=1S/C55H34N4O2/c1-4-15-35(16-5-1)36-27-30-41(31-28-36)59(40-20-8-3-9-21-40)46-33-38-19-14-24-45(50(38)52-51(46)44-23-11-13-26-48(44)61-52)55-57-53(37-17-6-2-7-18-37)56-54(58-55)39-29-32-43-42-22-10-12-25-47(42)60-49(43)34-39/h1-34H. The number of hydrogen-bond donors (Lipinski definition) is 0. The molecule has 3 heterocycles. The molecule has 0 saturated heterocycles. The molecule has 12 aromatic rings. The van der Waals surface area contributed by atoms with Crippen molar-refractivity contribution in [2.45, 2.75) is 0 Å². The Bertz CT molecular complexity index is 3580. The van der Waals surface area contributed by atoms with Gasteiger partial charge in [-0.3, -0.25) is 0 Å². The average molecular weight is 783 g/mol. The lowest BCUT2D eigenvalue weighted by Gasteiger charge is -2.27. The van der Waals surface area contributed by atoms with Crippen LogP contribution in [-0.2, 0) is 0 Å². The van der Waals surface area contributed by atoms with Gasteiger partial charge in [0.05, 0.1) is 11.1 Å². The molecule has 0 radical (unpaired) electrons. The summed E-state index contributed by atoms with van der Waals surface area (Å²) < 4.78 is 13.3. The van der Waals surface area contributed by atoms with Crippen molar-refractivity contribution in [2.24, 2.45) is 0 Å². The molecule has 61 heavy (non-hydrogen) atoms. The third-order valence-electron chi connectivity index (χ3n) is 11.5. The van der Waals surface area contributed by atoms with E-state index in [1.165, 1.54) is 5.56 Å². The molecule has 286 valence electrons. The number of benzene rings is 9. The molecule has 0 amide bonds. The van der Waals surface area contributed by atoms with Gasteiger partial charge in [0.1, 0.15) is 22.3 Å². The second-order valence-corrected chi connectivity index (χ2v) is 15.2. The first-order chi connectivity index (χ1) is 30.2. The van der Waals surface area contributed by atoms with Crippen LogP contribution in [-0.4, -0.2) is 15.0 Å². The van der Waals surface area contributed by atoms with Crippen molar-refractivity contribution in [3.8, 4) is 45.3 Å². The van der Waals surface area contributed by atoms with Gasteiger partial charge < -0.3 is 13.7 Å². The molecule has 6 heteroatoms. The summed E-state index contributed by atoms with van der Waals surface area (Å²) in [6.07, 6.45) is 0. The maximum absolute atomic E-state index is 6.96. The number of rotatable bonds is 7. The van der Waals surface area contributed by atoms with Crippen LogP contribution in [0.4, 0.5) is 17.1 Å². The molecule has 0 N–H and O–H groups in total.